The van der Waals surface area contributed by atoms with E-state index in [9.17, 15) is 9.59 Å². The molecule has 2 amide bonds. The molecule has 122 valence electrons. The van der Waals surface area contributed by atoms with Gasteiger partial charge in [-0.2, -0.15) is 5.10 Å². The molecule has 1 aromatic carbocycles. The highest BCUT2D eigenvalue weighted by molar-refractivity contribution is 6.34. The summed E-state index contributed by atoms with van der Waals surface area (Å²) in [7, 11) is 1.66. The molecule has 1 atom stereocenters. The van der Waals surface area contributed by atoms with Crippen LogP contribution < -0.4 is 10.6 Å². The van der Waals surface area contributed by atoms with E-state index in [2.05, 4.69) is 15.7 Å². The van der Waals surface area contributed by atoms with E-state index in [-0.39, 0.29) is 23.6 Å². The van der Waals surface area contributed by atoms with Crippen LogP contribution in [-0.2, 0) is 7.05 Å². The molecule has 6 nitrogen and oxygen atoms in total. The topological polar surface area (TPSA) is 76.0 Å². The highest BCUT2D eigenvalue weighted by atomic mass is 35.5. The Bertz CT molecular complexity index is 727. The van der Waals surface area contributed by atoms with Gasteiger partial charge in [0.05, 0.1) is 10.6 Å². The van der Waals surface area contributed by atoms with Gasteiger partial charge >= 0.3 is 0 Å². The summed E-state index contributed by atoms with van der Waals surface area (Å²) >= 11 is 6.01. The number of hydrogen-bond acceptors (Lipinski definition) is 3. The summed E-state index contributed by atoms with van der Waals surface area (Å²) in [5.41, 5.74) is 0.614. The van der Waals surface area contributed by atoms with Crippen LogP contribution in [0.5, 0.6) is 0 Å². The lowest BCUT2D eigenvalue weighted by Crippen LogP contribution is -2.32. The first-order chi connectivity index (χ1) is 10.9. The van der Waals surface area contributed by atoms with Crippen LogP contribution in [0, 0.1) is 0 Å². The summed E-state index contributed by atoms with van der Waals surface area (Å²) in [5.74, 6) is -0.204. The fourth-order valence-electron chi connectivity index (χ4n) is 1.92. The van der Waals surface area contributed by atoms with Crippen LogP contribution in [0.15, 0.2) is 30.3 Å². The molecule has 23 heavy (non-hydrogen) atoms. The van der Waals surface area contributed by atoms with Crippen molar-refractivity contribution in [2.75, 3.05) is 5.32 Å². The predicted octanol–water partition coefficient (Wildman–Crippen LogP) is 2.85. The molecule has 1 aromatic heterocycles. The minimum Gasteiger partial charge on any atom is -0.348 e. The number of amides is 2. The van der Waals surface area contributed by atoms with Crippen molar-refractivity contribution in [1.29, 1.82) is 0 Å². The number of carbonyl (C=O) groups excluding carboxylic acids is 2. The van der Waals surface area contributed by atoms with Gasteiger partial charge in [0, 0.05) is 19.2 Å². The Labute approximate surface area is 139 Å². The highest BCUT2D eigenvalue weighted by Gasteiger charge is 2.17. The molecule has 2 N–H and O–H groups in total. The van der Waals surface area contributed by atoms with Gasteiger partial charge in [-0.3, -0.25) is 14.3 Å². The van der Waals surface area contributed by atoms with E-state index in [0.29, 0.717) is 16.4 Å². The first kappa shape index (κ1) is 17.0. The SMILES string of the molecule is CCC(C)NC(=O)c1cc(NC(=O)c2ccccc2Cl)n(C)n1. The Morgan fingerprint density at radius 3 is 2.65 bits per heavy atom. The third kappa shape index (κ3) is 4.10. The molecule has 0 saturated heterocycles. The molecular weight excluding hydrogens is 316 g/mol. The van der Waals surface area contributed by atoms with E-state index in [1.54, 1.807) is 31.3 Å². The van der Waals surface area contributed by atoms with Crippen molar-refractivity contribution in [2.24, 2.45) is 7.05 Å². The maximum Gasteiger partial charge on any atom is 0.272 e. The Morgan fingerprint density at radius 2 is 2.00 bits per heavy atom. The van der Waals surface area contributed by atoms with Crippen molar-refractivity contribution in [3.05, 3.63) is 46.6 Å². The number of halogens is 1. The van der Waals surface area contributed by atoms with Crippen LogP contribution in [0.4, 0.5) is 5.82 Å². The number of anilines is 1. The van der Waals surface area contributed by atoms with Crippen molar-refractivity contribution in [1.82, 2.24) is 15.1 Å². The third-order valence-corrected chi connectivity index (χ3v) is 3.79. The lowest BCUT2D eigenvalue weighted by Gasteiger charge is -2.09. The molecule has 7 heteroatoms. The zero-order valence-electron chi connectivity index (χ0n) is 13.3. The van der Waals surface area contributed by atoms with E-state index in [4.69, 9.17) is 11.6 Å². The average Bonchev–Trinajstić information content (AvgIpc) is 2.88. The minimum absolute atomic E-state index is 0.0608. The number of carbonyl (C=O) groups is 2. The Kier molecular flexibility index (Phi) is 5.39. The zero-order valence-corrected chi connectivity index (χ0v) is 14.0. The predicted molar refractivity (Wildman–Crippen MR) is 89.8 cm³/mol. The van der Waals surface area contributed by atoms with E-state index < -0.39 is 0 Å². The van der Waals surface area contributed by atoms with Crippen LogP contribution in [0.25, 0.3) is 0 Å². The summed E-state index contributed by atoms with van der Waals surface area (Å²) in [6.45, 7) is 3.90. The van der Waals surface area contributed by atoms with Gasteiger partial charge in [-0.05, 0) is 25.5 Å². The second-order valence-electron chi connectivity index (χ2n) is 5.26. The number of rotatable bonds is 5. The van der Waals surface area contributed by atoms with Gasteiger partial charge in [0.2, 0.25) is 0 Å². The van der Waals surface area contributed by atoms with Crippen LogP contribution in [0.1, 0.15) is 41.1 Å². The first-order valence-corrected chi connectivity index (χ1v) is 7.71. The lowest BCUT2D eigenvalue weighted by molar-refractivity contribution is 0.0932. The number of benzene rings is 1. The van der Waals surface area contributed by atoms with Crippen LogP contribution in [0.3, 0.4) is 0 Å². The molecule has 2 aromatic rings. The maximum absolute atomic E-state index is 12.3. The molecule has 0 saturated carbocycles. The smallest absolute Gasteiger partial charge is 0.272 e. The fraction of sp³-hybridized carbons (Fsp3) is 0.312. The van der Waals surface area contributed by atoms with Crippen LogP contribution in [0.2, 0.25) is 5.02 Å². The van der Waals surface area contributed by atoms with E-state index >= 15 is 0 Å². The van der Waals surface area contributed by atoms with Gasteiger partial charge in [0.25, 0.3) is 11.8 Å². The molecule has 1 heterocycles. The Balaban J connectivity index is 2.14. The number of nitrogens with one attached hydrogen (secondary N) is 2. The maximum atomic E-state index is 12.3. The van der Waals surface area contributed by atoms with Crippen molar-refractivity contribution in [2.45, 2.75) is 26.3 Å². The molecule has 2 rings (SSSR count). The number of aryl methyl sites for hydroxylation is 1. The standard InChI is InChI=1S/C16H19ClN4O2/c1-4-10(2)18-16(23)13-9-14(21(3)20-13)19-15(22)11-7-5-6-8-12(11)17/h5-10H,4H2,1-3H3,(H,18,23)(H,19,22). The van der Waals surface area contributed by atoms with Gasteiger partial charge in [0.1, 0.15) is 5.82 Å². The zero-order chi connectivity index (χ0) is 17.0. The summed E-state index contributed by atoms with van der Waals surface area (Å²) in [5, 5.41) is 10.0. The molecule has 0 fully saturated rings. The molecule has 0 spiro atoms. The van der Waals surface area contributed by atoms with E-state index in [0.717, 1.165) is 6.42 Å². The van der Waals surface area contributed by atoms with Crippen molar-refractivity contribution >= 4 is 29.2 Å². The van der Waals surface area contributed by atoms with Gasteiger partial charge in [0.15, 0.2) is 5.69 Å². The molecule has 0 radical (unpaired) electrons. The largest absolute Gasteiger partial charge is 0.348 e. The summed E-state index contributed by atoms with van der Waals surface area (Å²) in [6, 6.07) is 8.35. The highest BCUT2D eigenvalue weighted by Crippen LogP contribution is 2.17. The normalized spacial score (nSPS) is 11.8. The monoisotopic (exact) mass is 334 g/mol. The number of aromatic nitrogens is 2. The van der Waals surface area contributed by atoms with Crippen molar-refractivity contribution in [3.63, 3.8) is 0 Å². The Hall–Kier alpha value is -2.34. The molecule has 1 unspecified atom stereocenters. The summed E-state index contributed by atoms with van der Waals surface area (Å²) in [4.78, 5) is 24.3. The van der Waals surface area contributed by atoms with E-state index in [1.165, 1.54) is 10.7 Å². The number of hydrogen-bond donors (Lipinski definition) is 2. The molecule has 0 aliphatic rings. The summed E-state index contributed by atoms with van der Waals surface area (Å²) < 4.78 is 1.44. The second kappa shape index (κ2) is 7.28. The third-order valence-electron chi connectivity index (χ3n) is 3.46. The molecule has 0 bridgehead atoms. The van der Waals surface area contributed by atoms with Crippen molar-refractivity contribution < 1.29 is 9.59 Å². The molecule has 0 aliphatic carbocycles. The van der Waals surface area contributed by atoms with Crippen molar-refractivity contribution in [3.8, 4) is 0 Å². The molecular formula is C16H19ClN4O2. The summed E-state index contributed by atoms with van der Waals surface area (Å²) in [6.07, 6.45) is 0.828. The second-order valence-corrected chi connectivity index (χ2v) is 5.66. The Morgan fingerprint density at radius 1 is 1.30 bits per heavy atom. The average molecular weight is 335 g/mol. The van der Waals surface area contributed by atoms with Gasteiger partial charge in [-0.15, -0.1) is 0 Å². The van der Waals surface area contributed by atoms with Gasteiger partial charge < -0.3 is 10.6 Å². The minimum atomic E-state index is -0.354. The quantitative estimate of drug-likeness (QED) is 0.882. The molecule has 0 aliphatic heterocycles. The van der Waals surface area contributed by atoms with Gasteiger partial charge in [-0.1, -0.05) is 30.7 Å². The van der Waals surface area contributed by atoms with E-state index in [1.807, 2.05) is 13.8 Å². The fourth-order valence-corrected chi connectivity index (χ4v) is 2.15. The number of nitrogens with zero attached hydrogens (tertiary/aromatic N) is 2. The van der Waals surface area contributed by atoms with Crippen LogP contribution in [-0.4, -0.2) is 27.6 Å². The lowest BCUT2D eigenvalue weighted by atomic mass is 10.2. The van der Waals surface area contributed by atoms with Gasteiger partial charge in [-0.25, -0.2) is 0 Å². The first-order valence-electron chi connectivity index (χ1n) is 7.33. The van der Waals surface area contributed by atoms with Crippen LogP contribution >= 0.6 is 11.6 Å².